The van der Waals surface area contributed by atoms with Crippen LogP contribution in [-0.2, 0) is 6.61 Å². The lowest BCUT2D eigenvalue weighted by molar-refractivity contribution is 0.303. The predicted octanol–water partition coefficient (Wildman–Crippen LogP) is 3.42. The number of ether oxygens (including phenoxy) is 1. The van der Waals surface area contributed by atoms with Gasteiger partial charge in [-0.3, -0.25) is 0 Å². The maximum Gasteiger partial charge on any atom is 0.164 e. The fraction of sp³-hybridized carbons (Fsp3) is 0.143. The van der Waals surface area contributed by atoms with E-state index < -0.39 is 5.82 Å². The zero-order valence-corrected chi connectivity index (χ0v) is 9.48. The molecule has 1 N–H and O–H groups in total. The molecule has 0 spiro atoms. The summed E-state index contributed by atoms with van der Waals surface area (Å²) in [5, 5.41) is 9.22. The second-order valence-corrected chi connectivity index (χ2v) is 3.84. The SMILES string of the molecule is Cc1ccccc1OCc1ccc(F)c(O)c1. The molecule has 0 bridgehead atoms. The molecule has 2 nitrogen and oxygen atoms in total. The van der Waals surface area contributed by atoms with Crippen molar-refractivity contribution in [2.24, 2.45) is 0 Å². The summed E-state index contributed by atoms with van der Waals surface area (Å²) < 4.78 is 18.4. The maximum absolute atomic E-state index is 12.8. The van der Waals surface area contributed by atoms with Crippen molar-refractivity contribution < 1.29 is 14.2 Å². The van der Waals surface area contributed by atoms with Gasteiger partial charge in [0.25, 0.3) is 0 Å². The number of aromatic hydroxyl groups is 1. The molecule has 2 aromatic carbocycles. The number of aryl methyl sites for hydroxylation is 1. The number of hydrogen-bond acceptors (Lipinski definition) is 2. The van der Waals surface area contributed by atoms with E-state index in [4.69, 9.17) is 4.74 Å². The number of halogens is 1. The average molecular weight is 232 g/mol. The quantitative estimate of drug-likeness (QED) is 0.878. The van der Waals surface area contributed by atoms with Gasteiger partial charge in [0, 0.05) is 0 Å². The molecule has 0 aliphatic rings. The van der Waals surface area contributed by atoms with E-state index in [-0.39, 0.29) is 5.75 Å². The fourth-order valence-corrected chi connectivity index (χ4v) is 1.53. The first kappa shape index (κ1) is 11.5. The second kappa shape index (κ2) is 4.87. The van der Waals surface area contributed by atoms with Crippen molar-refractivity contribution in [1.82, 2.24) is 0 Å². The third-order valence-electron chi connectivity index (χ3n) is 2.50. The highest BCUT2D eigenvalue weighted by Crippen LogP contribution is 2.20. The molecule has 88 valence electrons. The van der Waals surface area contributed by atoms with Crippen molar-refractivity contribution in [2.75, 3.05) is 0 Å². The van der Waals surface area contributed by atoms with E-state index in [2.05, 4.69) is 0 Å². The van der Waals surface area contributed by atoms with Crippen LogP contribution in [0.15, 0.2) is 42.5 Å². The largest absolute Gasteiger partial charge is 0.505 e. The van der Waals surface area contributed by atoms with Crippen LogP contribution in [0, 0.1) is 12.7 Å². The van der Waals surface area contributed by atoms with E-state index >= 15 is 0 Å². The average Bonchev–Trinajstić information content (AvgIpc) is 2.32. The van der Waals surface area contributed by atoms with E-state index in [1.807, 2.05) is 31.2 Å². The van der Waals surface area contributed by atoms with Crippen LogP contribution in [0.5, 0.6) is 11.5 Å². The van der Waals surface area contributed by atoms with Crippen molar-refractivity contribution in [3.63, 3.8) is 0 Å². The number of phenols is 1. The minimum Gasteiger partial charge on any atom is -0.505 e. The topological polar surface area (TPSA) is 29.5 Å². The molecule has 0 heterocycles. The van der Waals surface area contributed by atoms with Crippen LogP contribution in [0.3, 0.4) is 0 Å². The molecule has 0 aliphatic carbocycles. The third kappa shape index (κ3) is 2.75. The Bertz CT molecular complexity index is 523. The summed E-state index contributed by atoms with van der Waals surface area (Å²) in [6, 6.07) is 11.8. The zero-order chi connectivity index (χ0) is 12.3. The van der Waals surface area contributed by atoms with E-state index in [1.165, 1.54) is 12.1 Å². The Balaban J connectivity index is 2.08. The summed E-state index contributed by atoms with van der Waals surface area (Å²) in [5.41, 5.74) is 1.77. The van der Waals surface area contributed by atoms with Gasteiger partial charge in [-0.05, 0) is 36.2 Å². The standard InChI is InChI=1S/C14H13FO2/c1-10-4-2-3-5-14(10)17-9-11-6-7-12(15)13(16)8-11/h2-8,16H,9H2,1H3. The molecule has 0 atom stereocenters. The molecule has 0 saturated heterocycles. The molecule has 0 saturated carbocycles. The molecular weight excluding hydrogens is 219 g/mol. The first-order valence-corrected chi connectivity index (χ1v) is 5.32. The van der Waals surface area contributed by atoms with Crippen LogP contribution < -0.4 is 4.74 Å². The fourth-order valence-electron chi connectivity index (χ4n) is 1.53. The van der Waals surface area contributed by atoms with Gasteiger partial charge in [-0.15, -0.1) is 0 Å². The van der Waals surface area contributed by atoms with Gasteiger partial charge in [0.15, 0.2) is 11.6 Å². The number of hydrogen-bond donors (Lipinski definition) is 1. The normalized spacial score (nSPS) is 10.2. The van der Waals surface area contributed by atoms with E-state index in [9.17, 15) is 9.50 Å². The Morgan fingerprint density at radius 1 is 1.18 bits per heavy atom. The van der Waals surface area contributed by atoms with Crippen LogP contribution in [0.1, 0.15) is 11.1 Å². The Labute approximate surface area is 99.3 Å². The Kier molecular flexibility index (Phi) is 3.28. The molecule has 2 aromatic rings. The van der Waals surface area contributed by atoms with Crippen LogP contribution >= 0.6 is 0 Å². The van der Waals surface area contributed by atoms with Gasteiger partial charge < -0.3 is 9.84 Å². The van der Waals surface area contributed by atoms with Gasteiger partial charge in [0.1, 0.15) is 12.4 Å². The Morgan fingerprint density at radius 2 is 1.94 bits per heavy atom. The van der Waals surface area contributed by atoms with Crippen molar-refractivity contribution in [3.05, 3.63) is 59.4 Å². The lowest BCUT2D eigenvalue weighted by Crippen LogP contribution is -1.97. The van der Waals surface area contributed by atoms with Crippen LogP contribution in [-0.4, -0.2) is 5.11 Å². The molecule has 0 aromatic heterocycles. The minimum atomic E-state index is -0.621. The van der Waals surface area contributed by atoms with Crippen molar-refractivity contribution in [3.8, 4) is 11.5 Å². The van der Waals surface area contributed by atoms with E-state index in [1.54, 1.807) is 6.07 Å². The highest BCUT2D eigenvalue weighted by Gasteiger charge is 2.03. The molecule has 17 heavy (non-hydrogen) atoms. The Hall–Kier alpha value is -2.03. The molecule has 3 heteroatoms. The van der Waals surface area contributed by atoms with Crippen molar-refractivity contribution in [1.29, 1.82) is 0 Å². The second-order valence-electron chi connectivity index (χ2n) is 3.84. The van der Waals surface area contributed by atoms with Crippen LogP contribution in [0.25, 0.3) is 0 Å². The van der Waals surface area contributed by atoms with E-state index in [0.29, 0.717) is 6.61 Å². The van der Waals surface area contributed by atoms with Gasteiger partial charge in [-0.25, -0.2) is 4.39 Å². The summed E-state index contributed by atoms with van der Waals surface area (Å²) in [6.07, 6.45) is 0. The summed E-state index contributed by atoms with van der Waals surface area (Å²) in [5.74, 6) is -0.183. The molecule has 0 radical (unpaired) electrons. The summed E-state index contributed by atoms with van der Waals surface area (Å²) >= 11 is 0. The number of rotatable bonds is 3. The van der Waals surface area contributed by atoms with Crippen molar-refractivity contribution in [2.45, 2.75) is 13.5 Å². The van der Waals surface area contributed by atoms with Crippen LogP contribution in [0.4, 0.5) is 4.39 Å². The molecule has 2 rings (SSSR count). The summed E-state index contributed by atoms with van der Waals surface area (Å²) in [6.45, 7) is 2.26. The molecule has 0 unspecified atom stereocenters. The highest BCUT2D eigenvalue weighted by atomic mass is 19.1. The minimum absolute atomic E-state index is 0.304. The van der Waals surface area contributed by atoms with Gasteiger partial charge in [-0.2, -0.15) is 0 Å². The van der Waals surface area contributed by atoms with Gasteiger partial charge in [0.2, 0.25) is 0 Å². The van der Waals surface area contributed by atoms with Gasteiger partial charge >= 0.3 is 0 Å². The zero-order valence-electron chi connectivity index (χ0n) is 9.48. The first-order chi connectivity index (χ1) is 8.16. The monoisotopic (exact) mass is 232 g/mol. The van der Waals surface area contributed by atoms with Gasteiger partial charge in [0.05, 0.1) is 0 Å². The van der Waals surface area contributed by atoms with Crippen molar-refractivity contribution >= 4 is 0 Å². The third-order valence-corrected chi connectivity index (χ3v) is 2.50. The molecule has 0 amide bonds. The summed E-state index contributed by atoms with van der Waals surface area (Å²) in [7, 11) is 0. The van der Waals surface area contributed by atoms with Crippen LogP contribution in [0.2, 0.25) is 0 Å². The van der Waals surface area contributed by atoms with E-state index in [0.717, 1.165) is 16.9 Å². The Morgan fingerprint density at radius 3 is 2.65 bits per heavy atom. The maximum atomic E-state index is 12.8. The highest BCUT2D eigenvalue weighted by molar-refractivity contribution is 5.33. The predicted molar refractivity (Wildman–Crippen MR) is 63.6 cm³/mol. The number of phenolic OH excluding ortho intramolecular Hbond substituents is 1. The smallest absolute Gasteiger partial charge is 0.164 e. The number of para-hydroxylation sites is 1. The molecule has 0 aliphatic heterocycles. The molecule has 0 fully saturated rings. The van der Waals surface area contributed by atoms with Gasteiger partial charge in [-0.1, -0.05) is 24.3 Å². The molecular formula is C14H13FO2. The lowest BCUT2D eigenvalue weighted by atomic mass is 10.2. The summed E-state index contributed by atoms with van der Waals surface area (Å²) in [4.78, 5) is 0. The number of benzene rings is 2. The first-order valence-electron chi connectivity index (χ1n) is 5.32. The lowest BCUT2D eigenvalue weighted by Gasteiger charge is -2.09.